The standard InChI is InChI=1S/C20H26N4O2S/c1-4-16-21-20-24(22-16)19(25)18(27-20)17(23-9-11-26-12-10-23)15-7-5-14(6-8-15)13(2)3/h5-8,13,17,25H,4,9-12H2,1-3H3/p+1/t17-/m1/s1. The van der Waals surface area contributed by atoms with Crippen molar-refractivity contribution in [3.63, 3.8) is 0 Å². The van der Waals surface area contributed by atoms with Gasteiger partial charge in [0.1, 0.15) is 18.0 Å². The second-order valence-corrected chi connectivity index (χ2v) is 8.40. The Balaban J connectivity index is 1.77. The Morgan fingerprint density at radius 2 is 1.85 bits per heavy atom. The number of nitrogens with one attached hydrogen (secondary N) is 1. The minimum atomic E-state index is 0.0636. The molecule has 7 heteroatoms. The molecule has 3 heterocycles. The average molecular weight is 388 g/mol. The summed E-state index contributed by atoms with van der Waals surface area (Å²) in [5.41, 5.74) is 2.54. The first-order chi connectivity index (χ1) is 13.1. The van der Waals surface area contributed by atoms with Gasteiger partial charge in [0.25, 0.3) is 0 Å². The summed E-state index contributed by atoms with van der Waals surface area (Å²) >= 11 is 1.54. The average Bonchev–Trinajstić information content (AvgIpc) is 3.23. The number of morpholine rings is 1. The smallest absolute Gasteiger partial charge is 0.235 e. The molecule has 0 amide bonds. The number of aryl methyl sites for hydroxylation is 1. The molecule has 144 valence electrons. The first kappa shape index (κ1) is 18.4. The van der Waals surface area contributed by atoms with Gasteiger partial charge in [-0.05, 0) is 11.5 Å². The third-order valence-corrected chi connectivity index (χ3v) is 6.39. The maximum absolute atomic E-state index is 10.9. The van der Waals surface area contributed by atoms with E-state index in [0.29, 0.717) is 5.92 Å². The number of ether oxygens (including phenoxy) is 1. The van der Waals surface area contributed by atoms with Crippen molar-refractivity contribution < 1.29 is 14.7 Å². The van der Waals surface area contributed by atoms with Gasteiger partial charge < -0.3 is 14.7 Å². The van der Waals surface area contributed by atoms with E-state index in [1.54, 1.807) is 15.9 Å². The number of aromatic hydroxyl groups is 1. The van der Waals surface area contributed by atoms with E-state index in [4.69, 9.17) is 4.74 Å². The van der Waals surface area contributed by atoms with Crippen molar-refractivity contribution in [3.05, 3.63) is 46.1 Å². The zero-order chi connectivity index (χ0) is 19.0. The molecule has 0 radical (unpaired) electrons. The number of thiazole rings is 1. The topological polar surface area (TPSA) is 64.1 Å². The van der Waals surface area contributed by atoms with Crippen LogP contribution in [-0.4, -0.2) is 46.0 Å². The third-order valence-electron chi connectivity index (χ3n) is 5.30. The SMILES string of the molecule is CCc1nc2sc([C@@H](c3ccc(C(C)C)cc3)[NH+]3CCOCC3)c(O)n2n1. The number of rotatable bonds is 5. The third kappa shape index (κ3) is 3.47. The van der Waals surface area contributed by atoms with E-state index in [9.17, 15) is 5.11 Å². The van der Waals surface area contributed by atoms with Gasteiger partial charge in [0.2, 0.25) is 10.8 Å². The van der Waals surface area contributed by atoms with Crippen LogP contribution in [0.3, 0.4) is 0 Å². The molecule has 1 saturated heterocycles. The number of benzene rings is 1. The fraction of sp³-hybridized carbons (Fsp3) is 0.500. The maximum Gasteiger partial charge on any atom is 0.235 e. The first-order valence-corrected chi connectivity index (χ1v) is 10.5. The molecule has 1 aliphatic rings. The maximum atomic E-state index is 10.9. The molecule has 27 heavy (non-hydrogen) atoms. The number of nitrogens with zero attached hydrogens (tertiary/aromatic N) is 3. The molecule has 0 aliphatic carbocycles. The van der Waals surface area contributed by atoms with Crippen LogP contribution >= 0.6 is 11.3 Å². The van der Waals surface area contributed by atoms with E-state index >= 15 is 0 Å². The lowest BCUT2D eigenvalue weighted by molar-refractivity contribution is -0.932. The van der Waals surface area contributed by atoms with Crippen LogP contribution in [0.5, 0.6) is 5.88 Å². The molecule has 2 aromatic heterocycles. The summed E-state index contributed by atoms with van der Waals surface area (Å²) < 4.78 is 7.16. The molecule has 1 fully saturated rings. The van der Waals surface area contributed by atoms with Crippen molar-refractivity contribution >= 4 is 16.3 Å². The van der Waals surface area contributed by atoms with Crippen molar-refractivity contribution in [2.75, 3.05) is 26.3 Å². The van der Waals surface area contributed by atoms with E-state index in [1.165, 1.54) is 16.0 Å². The summed E-state index contributed by atoms with van der Waals surface area (Å²) in [4.78, 5) is 7.65. The number of fused-ring (bicyclic) bond motifs is 1. The van der Waals surface area contributed by atoms with Crippen molar-refractivity contribution in [2.24, 2.45) is 0 Å². The quantitative estimate of drug-likeness (QED) is 0.704. The minimum absolute atomic E-state index is 0.0636. The normalized spacial score (nSPS) is 17.0. The van der Waals surface area contributed by atoms with Gasteiger partial charge in [-0.1, -0.05) is 56.4 Å². The van der Waals surface area contributed by atoms with Crippen LogP contribution in [0, 0.1) is 0 Å². The number of hydrogen-bond acceptors (Lipinski definition) is 5. The molecule has 0 saturated carbocycles. The van der Waals surface area contributed by atoms with Crippen molar-refractivity contribution in [1.29, 1.82) is 0 Å². The van der Waals surface area contributed by atoms with Gasteiger partial charge in [-0.3, -0.25) is 0 Å². The first-order valence-electron chi connectivity index (χ1n) is 9.68. The second kappa shape index (κ2) is 7.58. The molecule has 1 aromatic carbocycles. The summed E-state index contributed by atoms with van der Waals surface area (Å²) in [6.07, 6.45) is 0.762. The van der Waals surface area contributed by atoms with Crippen LogP contribution in [0.4, 0.5) is 0 Å². The van der Waals surface area contributed by atoms with E-state index in [0.717, 1.165) is 48.4 Å². The van der Waals surface area contributed by atoms with Gasteiger partial charge >= 0.3 is 0 Å². The van der Waals surface area contributed by atoms with Crippen LogP contribution in [0.2, 0.25) is 0 Å². The highest BCUT2D eigenvalue weighted by Gasteiger charge is 2.33. The van der Waals surface area contributed by atoms with Crippen LogP contribution in [0.25, 0.3) is 4.96 Å². The van der Waals surface area contributed by atoms with Crippen LogP contribution in [-0.2, 0) is 11.2 Å². The largest absolute Gasteiger partial charge is 0.492 e. The second-order valence-electron chi connectivity index (χ2n) is 7.39. The Morgan fingerprint density at radius 3 is 2.44 bits per heavy atom. The van der Waals surface area contributed by atoms with Crippen molar-refractivity contribution in [2.45, 2.75) is 39.2 Å². The monoisotopic (exact) mass is 387 g/mol. The molecule has 3 aromatic rings. The molecule has 1 atom stereocenters. The molecule has 6 nitrogen and oxygen atoms in total. The predicted octanol–water partition coefficient (Wildman–Crippen LogP) is 2.19. The van der Waals surface area contributed by atoms with Gasteiger partial charge in [-0.25, -0.2) is 4.98 Å². The van der Waals surface area contributed by atoms with Crippen molar-refractivity contribution in [1.82, 2.24) is 14.6 Å². The van der Waals surface area contributed by atoms with Gasteiger partial charge in [0.15, 0.2) is 11.9 Å². The molecule has 0 unspecified atom stereocenters. The number of aromatic nitrogens is 3. The number of quaternary nitrogens is 1. The van der Waals surface area contributed by atoms with Crippen molar-refractivity contribution in [3.8, 4) is 5.88 Å². The Bertz CT molecular complexity index is 910. The van der Waals surface area contributed by atoms with Gasteiger partial charge in [-0.15, -0.1) is 5.10 Å². The van der Waals surface area contributed by atoms with Gasteiger partial charge in [0.05, 0.1) is 13.2 Å². The number of hydrogen-bond donors (Lipinski definition) is 2. The lowest BCUT2D eigenvalue weighted by Crippen LogP contribution is -3.14. The summed E-state index contributed by atoms with van der Waals surface area (Å²) in [5.74, 6) is 1.49. The lowest BCUT2D eigenvalue weighted by atomic mass is 9.97. The summed E-state index contributed by atoms with van der Waals surface area (Å²) in [7, 11) is 0. The van der Waals surface area contributed by atoms with Gasteiger partial charge in [-0.2, -0.15) is 4.52 Å². The summed E-state index contributed by atoms with van der Waals surface area (Å²) in [5, 5.41) is 15.4. The molecular weight excluding hydrogens is 360 g/mol. The molecule has 0 spiro atoms. The Morgan fingerprint density at radius 1 is 1.19 bits per heavy atom. The Labute approximate surface area is 163 Å². The summed E-state index contributed by atoms with van der Waals surface area (Å²) in [6, 6.07) is 8.88. The zero-order valence-electron chi connectivity index (χ0n) is 16.1. The Kier molecular flexibility index (Phi) is 5.16. The van der Waals surface area contributed by atoms with Crippen LogP contribution in [0.1, 0.15) is 54.6 Å². The molecule has 0 bridgehead atoms. The summed E-state index contributed by atoms with van der Waals surface area (Å²) in [6.45, 7) is 9.77. The fourth-order valence-corrected chi connectivity index (χ4v) is 4.86. The zero-order valence-corrected chi connectivity index (χ0v) is 16.9. The highest BCUT2D eigenvalue weighted by Crippen LogP contribution is 2.35. The molecule has 2 N–H and O–H groups in total. The van der Waals surface area contributed by atoms with Crippen LogP contribution in [0.15, 0.2) is 24.3 Å². The van der Waals surface area contributed by atoms with E-state index in [1.807, 2.05) is 6.92 Å². The predicted molar refractivity (Wildman–Crippen MR) is 106 cm³/mol. The Hall–Kier alpha value is -1.96. The molecule has 4 rings (SSSR count). The lowest BCUT2D eigenvalue weighted by Gasteiger charge is -2.31. The van der Waals surface area contributed by atoms with E-state index in [2.05, 4.69) is 48.2 Å². The highest BCUT2D eigenvalue weighted by molar-refractivity contribution is 7.17. The van der Waals surface area contributed by atoms with E-state index in [-0.39, 0.29) is 11.9 Å². The van der Waals surface area contributed by atoms with Gasteiger partial charge in [0, 0.05) is 12.0 Å². The van der Waals surface area contributed by atoms with E-state index < -0.39 is 0 Å². The highest BCUT2D eigenvalue weighted by atomic mass is 32.1. The van der Waals surface area contributed by atoms with Crippen LogP contribution < -0.4 is 4.90 Å². The molecular formula is C20H27N4O2S+. The molecule has 1 aliphatic heterocycles. The minimum Gasteiger partial charge on any atom is -0.492 e. The fourth-order valence-electron chi connectivity index (χ4n) is 3.70.